The van der Waals surface area contributed by atoms with Gasteiger partial charge in [0.15, 0.2) is 5.60 Å². The highest BCUT2D eigenvalue weighted by Gasteiger charge is 2.45. The molecule has 170 valence electrons. The van der Waals surface area contributed by atoms with Crippen molar-refractivity contribution in [1.29, 1.82) is 0 Å². The SMILES string of the molecule is CNC(=O)C1(Cc2ccccc2-c2ccc(F)cc2)CN(C(=O)C2CCCCC2)CCO1. The van der Waals surface area contributed by atoms with E-state index in [2.05, 4.69) is 5.32 Å². The fourth-order valence-corrected chi connectivity index (χ4v) is 5.03. The molecule has 2 fully saturated rings. The minimum atomic E-state index is -1.16. The highest BCUT2D eigenvalue weighted by molar-refractivity contribution is 5.88. The van der Waals surface area contributed by atoms with Gasteiger partial charge in [-0.1, -0.05) is 55.7 Å². The van der Waals surface area contributed by atoms with E-state index in [1.165, 1.54) is 18.6 Å². The van der Waals surface area contributed by atoms with Gasteiger partial charge in [-0.25, -0.2) is 4.39 Å². The van der Waals surface area contributed by atoms with Crippen molar-refractivity contribution in [2.45, 2.75) is 44.1 Å². The number of halogens is 1. The van der Waals surface area contributed by atoms with E-state index < -0.39 is 5.60 Å². The van der Waals surface area contributed by atoms with Gasteiger partial charge in [-0.3, -0.25) is 9.59 Å². The zero-order chi connectivity index (χ0) is 22.6. The maximum atomic E-state index is 13.5. The molecule has 0 spiro atoms. The summed E-state index contributed by atoms with van der Waals surface area (Å²) in [7, 11) is 1.60. The van der Waals surface area contributed by atoms with Gasteiger partial charge in [0.05, 0.1) is 13.2 Å². The van der Waals surface area contributed by atoms with Crippen molar-refractivity contribution >= 4 is 11.8 Å². The largest absolute Gasteiger partial charge is 0.361 e. The highest BCUT2D eigenvalue weighted by atomic mass is 19.1. The Morgan fingerprint density at radius 1 is 1.09 bits per heavy atom. The topological polar surface area (TPSA) is 58.6 Å². The first kappa shape index (κ1) is 22.5. The lowest BCUT2D eigenvalue weighted by atomic mass is 9.85. The van der Waals surface area contributed by atoms with Crippen LogP contribution in [0.3, 0.4) is 0 Å². The molecule has 5 nitrogen and oxygen atoms in total. The number of amides is 2. The van der Waals surface area contributed by atoms with E-state index >= 15 is 0 Å². The van der Waals surface area contributed by atoms with Crippen LogP contribution in [0.4, 0.5) is 4.39 Å². The number of hydrogen-bond donors (Lipinski definition) is 1. The van der Waals surface area contributed by atoms with Crippen LogP contribution in [0.25, 0.3) is 11.1 Å². The summed E-state index contributed by atoms with van der Waals surface area (Å²) < 4.78 is 19.6. The van der Waals surface area contributed by atoms with Crippen LogP contribution in [0.15, 0.2) is 48.5 Å². The lowest BCUT2D eigenvalue weighted by Crippen LogP contribution is -2.62. The average molecular weight is 439 g/mol. The summed E-state index contributed by atoms with van der Waals surface area (Å²) in [6, 6.07) is 14.1. The molecule has 1 saturated heterocycles. The zero-order valence-corrected chi connectivity index (χ0v) is 18.6. The van der Waals surface area contributed by atoms with Crippen molar-refractivity contribution in [3.05, 3.63) is 59.9 Å². The number of benzene rings is 2. The number of hydrogen-bond acceptors (Lipinski definition) is 3. The molecule has 1 aliphatic carbocycles. The van der Waals surface area contributed by atoms with Crippen LogP contribution in [0.5, 0.6) is 0 Å². The molecule has 0 bridgehead atoms. The predicted molar refractivity (Wildman–Crippen MR) is 121 cm³/mol. The molecule has 0 aromatic heterocycles. The molecule has 1 unspecified atom stereocenters. The number of morpholine rings is 1. The molecule has 2 aromatic carbocycles. The Hall–Kier alpha value is -2.73. The van der Waals surface area contributed by atoms with Gasteiger partial charge in [-0.2, -0.15) is 0 Å². The van der Waals surface area contributed by atoms with Crippen LogP contribution in [0.1, 0.15) is 37.7 Å². The second-order valence-electron chi connectivity index (χ2n) is 8.86. The zero-order valence-electron chi connectivity index (χ0n) is 18.6. The van der Waals surface area contributed by atoms with Crippen molar-refractivity contribution in [2.24, 2.45) is 5.92 Å². The third-order valence-electron chi connectivity index (χ3n) is 6.74. The third kappa shape index (κ3) is 4.70. The molecule has 1 N–H and O–H groups in total. The molecular formula is C26H31FN2O3. The molecule has 1 saturated carbocycles. The molecule has 32 heavy (non-hydrogen) atoms. The van der Waals surface area contributed by atoms with Crippen LogP contribution in [0, 0.1) is 11.7 Å². The Balaban J connectivity index is 1.62. The van der Waals surface area contributed by atoms with Crippen LogP contribution < -0.4 is 5.32 Å². The minimum absolute atomic E-state index is 0.0516. The van der Waals surface area contributed by atoms with Gasteiger partial charge in [-0.15, -0.1) is 0 Å². The van der Waals surface area contributed by atoms with E-state index in [1.807, 2.05) is 29.2 Å². The molecule has 1 aliphatic heterocycles. The second kappa shape index (κ2) is 9.82. The molecule has 6 heteroatoms. The number of rotatable bonds is 5. The monoisotopic (exact) mass is 438 g/mol. The third-order valence-corrected chi connectivity index (χ3v) is 6.74. The summed E-state index contributed by atoms with van der Waals surface area (Å²) >= 11 is 0. The van der Waals surface area contributed by atoms with E-state index in [0.29, 0.717) is 19.6 Å². The lowest BCUT2D eigenvalue weighted by Gasteiger charge is -2.43. The van der Waals surface area contributed by atoms with Gasteiger partial charge >= 0.3 is 0 Å². The molecule has 2 aliphatic rings. The molecule has 1 heterocycles. The van der Waals surface area contributed by atoms with E-state index in [4.69, 9.17) is 4.74 Å². The maximum Gasteiger partial charge on any atom is 0.254 e. The number of nitrogens with zero attached hydrogens (tertiary/aromatic N) is 1. The summed E-state index contributed by atoms with van der Waals surface area (Å²) in [5.41, 5.74) is 1.57. The first-order valence-corrected chi connectivity index (χ1v) is 11.5. The normalized spacial score (nSPS) is 21.9. The molecule has 2 amide bonds. The summed E-state index contributed by atoms with van der Waals surface area (Å²) in [5.74, 6) is -0.322. The van der Waals surface area contributed by atoms with Crippen molar-refractivity contribution in [1.82, 2.24) is 10.2 Å². The summed E-state index contributed by atoms with van der Waals surface area (Å²) in [4.78, 5) is 28.2. The van der Waals surface area contributed by atoms with Crippen molar-refractivity contribution in [3.63, 3.8) is 0 Å². The van der Waals surface area contributed by atoms with Crippen LogP contribution in [0.2, 0.25) is 0 Å². The second-order valence-corrected chi connectivity index (χ2v) is 8.86. The molecule has 0 radical (unpaired) electrons. The molecule has 2 aromatic rings. The number of ether oxygens (including phenoxy) is 1. The predicted octanol–water partition coefficient (Wildman–Crippen LogP) is 3.96. The summed E-state index contributed by atoms with van der Waals surface area (Å²) in [6.45, 7) is 1.07. The van der Waals surface area contributed by atoms with Crippen LogP contribution >= 0.6 is 0 Å². The smallest absolute Gasteiger partial charge is 0.254 e. The van der Waals surface area contributed by atoms with E-state index in [0.717, 1.165) is 42.4 Å². The number of carbonyl (C=O) groups excluding carboxylic acids is 2. The Morgan fingerprint density at radius 2 is 1.81 bits per heavy atom. The quantitative estimate of drug-likeness (QED) is 0.769. The first-order valence-electron chi connectivity index (χ1n) is 11.5. The molecule has 4 rings (SSSR count). The van der Waals surface area contributed by atoms with Crippen molar-refractivity contribution in [2.75, 3.05) is 26.7 Å². The Morgan fingerprint density at radius 3 is 2.53 bits per heavy atom. The van der Waals surface area contributed by atoms with Gasteiger partial charge in [0.1, 0.15) is 5.82 Å². The highest BCUT2D eigenvalue weighted by Crippen LogP contribution is 2.32. The van der Waals surface area contributed by atoms with E-state index in [9.17, 15) is 14.0 Å². The summed E-state index contributed by atoms with van der Waals surface area (Å²) in [5, 5.41) is 2.75. The molecular weight excluding hydrogens is 407 g/mol. The standard InChI is InChI=1S/C26H31FN2O3/c1-28-25(31)26(18-29(15-16-32-26)24(30)20-7-3-2-4-8-20)17-21-9-5-6-10-23(21)19-11-13-22(27)14-12-19/h5-6,9-14,20H,2-4,7-8,15-18H2,1H3,(H,28,31). The lowest BCUT2D eigenvalue weighted by molar-refractivity contribution is -0.167. The van der Waals surface area contributed by atoms with Crippen molar-refractivity contribution < 1.29 is 18.7 Å². The van der Waals surface area contributed by atoms with Gasteiger partial charge in [0.25, 0.3) is 5.91 Å². The number of nitrogens with one attached hydrogen (secondary N) is 1. The maximum absolute atomic E-state index is 13.5. The Kier molecular flexibility index (Phi) is 6.89. The Labute approximate surface area is 188 Å². The van der Waals surface area contributed by atoms with E-state index in [-0.39, 0.29) is 30.1 Å². The Bertz CT molecular complexity index is 956. The first-order chi connectivity index (χ1) is 15.5. The fraction of sp³-hybridized carbons (Fsp3) is 0.462. The van der Waals surface area contributed by atoms with Gasteiger partial charge in [0.2, 0.25) is 5.91 Å². The summed E-state index contributed by atoms with van der Waals surface area (Å²) in [6.07, 6.45) is 5.55. The van der Waals surface area contributed by atoms with Crippen molar-refractivity contribution in [3.8, 4) is 11.1 Å². The van der Waals surface area contributed by atoms with Gasteiger partial charge in [0, 0.05) is 25.9 Å². The number of carbonyl (C=O) groups is 2. The van der Waals surface area contributed by atoms with E-state index in [1.54, 1.807) is 19.2 Å². The molecule has 1 atom stereocenters. The van der Waals surface area contributed by atoms with Gasteiger partial charge in [-0.05, 0) is 41.7 Å². The minimum Gasteiger partial charge on any atom is -0.361 e. The van der Waals surface area contributed by atoms with Crippen LogP contribution in [-0.4, -0.2) is 49.1 Å². The van der Waals surface area contributed by atoms with Gasteiger partial charge < -0.3 is 15.0 Å². The number of likely N-dealkylation sites (N-methyl/N-ethyl adjacent to an activating group) is 1. The average Bonchev–Trinajstić information content (AvgIpc) is 2.84. The van der Waals surface area contributed by atoms with Crippen LogP contribution in [-0.2, 0) is 20.7 Å². The fourth-order valence-electron chi connectivity index (χ4n) is 5.03.